The molecule has 0 radical (unpaired) electrons. The molecule has 0 aliphatic carbocycles. The highest BCUT2D eigenvalue weighted by atomic mass is 79.9. The van der Waals surface area contributed by atoms with E-state index in [1.807, 2.05) is 13.0 Å². The van der Waals surface area contributed by atoms with Gasteiger partial charge < -0.3 is 0 Å². The van der Waals surface area contributed by atoms with Crippen molar-refractivity contribution >= 4 is 32.7 Å². The van der Waals surface area contributed by atoms with Crippen LogP contribution in [0.3, 0.4) is 0 Å². The molecular formula is C13H14BrNO. The van der Waals surface area contributed by atoms with Gasteiger partial charge in [0.2, 0.25) is 5.91 Å². The van der Waals surface area contributed by atoms with Gasteiger partial charge >= 0.3 is 0 Å². The van der Waals surface area contributed by atoms with Gasteiger partial charge in [0, 0.05) is 22.5 Å². The first kappa shape index (κ1) is 11.4. The lowest BCUT2D eigenvalue weighted by molar-refractivity contribution is 0.0939. The summed E-state index contributed by atoms with van der Waals surface area (Å²) in [5.74, 6) is 0.0631. The summed E-state index contributed by atoms with van der Waals surface area (Å²) in [5, 5.41) is 1.19. The van der Waals surface area contributed by atoms with Crippen LogP contribution in [0.1, 0.15) is 28.5 Å². The van der Waals surface area contributed by atoms with Crippen LogP contribution in [-0.2, 0) is 0 Å². The van der Waals surface area contributed by atoms with E-state index < -0.39 is 0 Å². The maximum Gasteiger partial charge on any atom is 0.228 e. The van der Waals surface area contributed by atoms with E-state index in [1.54, 1.807) is 11.5 Å². The highest BCUT2D eigenvalue weighted by Crippen LogP contribution is 2.30. The average Bonchev–Trinajstić information content (AvgIpc) is 2.38. The molecule has 0 bridgehead atoms. The highest BCUT2D eigenvalue weighted by Gasteiger charge is 2.15. The maximum absolute atomic E-state index is 11.7. The molecule has 3 heteroatoms. The Bertz CT molecular complexity index is 596. The molecule has 0 aliphatic heterocycles. The standard InChI is InChI=1S/C13H14BrNO/c1-7-5-11(14)6-12-13(7)8(2)9(3)15(12)10(4)16/h5-6H,1-4H3. The fraction of sp³-hybridized carbons (Fsp3) is 0.308. The van der Waals surface area contributed by atoms with Crippen molar-refractivity contribution in [2.45, 2.75) is 27.7 Å². The molecule has 1 aromatic carbocycles. The molecule has 84 valence electrons. The van der Waals surface area contributed by atoms with Crippen LogP contribution in [0.2, 0.25) is 0 Å². The third-order valence-electron chi connectivity index (χ3n) is 3.09. The number of hydrogen-bond acceptors (Lipinski definition) is 1. The fourth-order valence-corrected chi connectivity index (χ4v) is 2.88. The van der Waals surface area contributed by atoms with E-state index in [1.165, 1.54) is 16.5 Å². The van der Waals surface area contributed by atoms with Gasteiger partial charge in [-0.3, -0.25) is 9.36 Å². The quantitative estimate of drug-likeness (QED) is 0.715. The van der Waals surface area contributed by atoms with Gasteiger partial charge in [-0.05, 0) is 44.0 Å². The summed E-state index contributed by atoms with van der Waals surface area (Å²) in [7, 11) is 0. The lowest BCUT2D eigenvalue weighted by Gasteiger charge is -2.03. The molecule has 0 N–H and O–H groups in total. The van der Waals surface area contributed by atoms with Crippen molar-refractivity contribution in [3.8, 4) is 0 Å². The number of hydrogen-bond donors (Lipinski definition) is 0. The van der Waals surface area contributed by atoms with Crippen LogP contribution in [0.25, 0.3) is 10.9 Å². The summed E-state index contributed by atoms with van der Waals surface area (Å²) in [4.78, 5) is 11.7. The number of benzene rings is 1. The number of carbonyl (C=O) groups is 1. The molecule has 2 aromatic rings. The SMILES string of the molecule is CC(=O)n1c(C)c(C)c2c(C)cc(Br)cc21. The minimum absolute atomic E-state index is 0.0631. The predicted octanol–water partition coefficient (Wildman–Crippen LogP) is 3.99. The van der Waals surface area contributed by atoms with Crippen molar-refractivity contribution in [3.05, 3.63) is 33.4 Å². The van der Waals surface area contributed by atoms with Crippen molar-refractivity contribution in [1.29, 1.82) is 0 Å². The molecule has 0 atom stereocenters. The van der Waals surface area contributed by atoms with E-state index >= 15 is 0 Å². The second-order valence-corrected chi connectivity index (χ2v) is 5.10. The number of aryl methyl sites for hydroxylation is 2. The first-order valence-corrected chi connectivity index (χ1v) is 6.01. The summed E-state index contributed by atoms with van der Waals surface area (Å²) < 4.78 is 2.79. The van der Waals surface area contributed by atoms with Crippen molar-refractivity contribution < 1.29 is 4.79 Å². The van der Waals surface area contributed by atoms with E-state index in [-0.39, 0.29) is 5.91 Å². The van der Waals surface area contributed by atoms with Crippen LogP contribution >= 0.6 is 15.9 Å². The topological polar surface area (TPSA) is 22.0 Å². The summed E-state index contributed by atoms with van der Waals surface area (Å²) in [6.45, 7) is 7.73. The Balaban J connectivity index is 3.02. The molecule has 16 heavy (non-hydrogen) atoms. The van der Waals surface area contributed by atoms with E-state index in [0.29, 0.717) is 0 Å². The van der Waals surface area contributed by atoms with Gasteiger partial charge in [0.15, 0.2) is 0 Å². The van der Waals surface area contributed by atoms with Crippen LogP contribution in [-0.4, -0.2) is 10.5 Å². The first-order chi connectivity index (χ1) is 7.43. The Morgan fingerprint density at radius 2 is 1.88 bits per heavy atom. The molecule has 0 amide bonds. The minimum Gasteiger partial charge on any atom is -0.284 e. The zero-order chi connectivity index (χ0) is 12.0. The Hall–Kier alpha value is -1.09. The van der Waals surface area contributed by atoms with Crippen molar-refractivity contribution in [1.82, 2.24) is 4.57 Å². The van der Waals surface area contributed by atoms with Crippen molar-refractivity contribution in [2.24, 2.45) is 0 Å². The fourth-order valence-electron chi connectivity index (χ4n) is 2.32. The van der Waals surface area contributed by atoms with Crippen molar-refractivity contribution in [2.75, 3.05) is 0 Å². The summed E-state index contributed by atoms with van der Waals surface area (Å²) >= 11 is 3.48. The van der Waals surface area contributed by atoms with E-state index in [0.717, 1.165) is 15.7 Å². The lowest BCUT2D eigenvalue weighted by atomic mass is 10.1. The number of rotatable bonds is 0. The van der Waals surface area contributed by atoms with E-state index in [9.17, 15) is 4.79 Å². The minimum atomic E-state index is 0.0631. The maximum atomic E-state index is 11.7. The predicted molar refractivity (Wildman–Crippen MR) is 70.1 cm³/mol. The third kappa shape index (κ3) is 1.50. The summed E-state index contributed by atoms with van der Waals surface area (Å²) in [6.07, 6.45) is 0. The Morgan fingerprint density at radius 3 is 2.44 bits per heavy atom. The molecule has 0 spiro atoms. The lowest BCUT2D eigenvalue weighted by Crippen LogP contribution is -2.07. The monoisotopic (exact) mass is 279 g/mol. The van der Waals surface area contributed by atoms with Crippen LogP contribution < -0.4 is 0 Å². The molecule has 2 rings (SSSR count). The van der Waals surface area contributed by atoms with Crippen LogP contribution in [0.5, 0.6) is 0 Å². The zero-order valence-electron chi connectivity index (χ0n) is 9.89. The second-order valence-electron chi connectivity index (χ2n) is 4.18. The summed E-state index contributed by atoms with van der Waals surface area (Å²) in [6, 6.07) is 4.09. The Morgan fingerprint density at radius 1 is 1.25 bits per heavy atom. The van der Waals surface area contributed by atoms with Gasteiger partial charge in [-0.25, -0.2) is 0 Å². The Kier molecular flexibility index (Phi) is 2.66. The van der Waals surface area contributed by atoms with Gasteiger partial charge in [0.25, 0.3) is 0 Å². The normalized spacial score (nSPS) is 11.1. The molecule has 0 aliphatic rings. The van der Waals surface area contributed by atoms with Gasteiger partial charge in [-0.1, -0.05) is 15.9 Å². The molecule has 0 saturated heterocycles. The number of carbonyl (C=O) groups excluding carboxylic acids is 1. The zero-order valence-corrected chi connectivity index (χ0v) is 11.5. The Labute approximate surface area is 103 Å². The molecule has 0 unspecified atom stereocenters. The number of halogens is 1. The van der Waals surface area contributed by atoms with E-state index in [4.69, 9.17) is 0 Å². The largest absolute Gasteiger partial charge is 0.284 e. The smallest absolute Gasteiger partial charge is 0.228 e. The first-order valence-electron chi connectivity index (χ1n) is 5.22. The number of aromatic nitrogens is 1. The molecule has 1 aromatic heterocycles. The average molecular weight is 280 g/mol. The van der Waals surface area contributed by atoms with Gasteiger partial charge in [-0.2, -0.15) is 0 Å². The number of nitrogens with zero attached hydrogens (tertiary/aromatic N) is 1. The van der Waals surface area contributed by atoms with Gasteiger partial charge in [0.05, 0.1) is 5.52 Å². The molecule has 1 heterocycles. The second kappa shape index (κ2) is 3.74. The van der Waals surface area contributed by atoms with Crippen LogP contribution in [0, 0.1) is 20.8 Å². The van der Waals surface area contributed by atoms with Gasteiger partial charge in [-0.15, -0.1) is 0 Å². The summed E-state index contributed by atoms with van der Waals surface area (Å²) in [5.41, 5.74) is 4.42. The third-order valence-corrected chi connectivity index (χ3v) is 3.55. The molecular weight excluding hydrogens is 266 g/mol. The van der Waals surface area contributed by atoms with Crippen molar-refractivity contribution in [3.63, 3.8) is 0 Å². The van der Waals surface area contributed by atoms with E-state index in [2.05, 4.69) is 35.8 Å². The molecule has 0 fully saturated rings. The molecule has 0 saturated carbocycles. The molecule has 2 nitrogen and oxygen atoms in total. The van der Waals surface area contributed by atoms with Gasteiger partial charge in [0.1, 0.15) is 0 Å². The number of fused-ring (bicyclic) bond motifs is 1. The van der Waals surface area contributed by atoms with Crippen LogP contribution in [0.15, 0.2) is 16.6 Å². The highest BCUT2D eigenvalue weighted by molar-refractivity contribution is 9.10. The van der Waals surface area contributed by atoms with Crippen LogP contribution in [0.4, 0.5) is 0 Å².